The number of aryl methyl sites for hydroxylation is 1. The molecule has 0 nitrogen and oxygen atoms in total. The lowest BCUT2D eigenvalue weighted by Gasteiger charge is -2.14. The van der Waals surface area contributed by atoms with Crippen LogP contribution >= 0.6 is 0 Å². The molecule has 0 bridgehead atoms. The van der Waals surface area contributed by atoms with Gasteiger partial charge in [-0.2, -0.15) is 0 Å². The van der Waals surface area contributed by atoms with E-state index in [9.17, 15) is 0 Å². The van der Waals surface area contributed by atoms with Crippen molar-refractivity contribution in [2.45, 2.75) is 47.5 Å². The van der Waals surface area contributed by atoms with Crippen molar-refractivity contribution in [1.82, 2.24) is 0 Å². The SMILES string of the molecule is CC1=C(C)c2c(CC(C)C)ccc(C)c2C1. The maximum atomic E-state index is 2.33. The van der Waals surface area contributed by atoms with Crippen LogP contribution in [0.25, 0.3) is 5.57 Å². The number of fused-ring (bicyclic) bond motifs is 1. The maximum absolute atomic E-state index is 2.33. The summed E-state index contributed by atoms with van der Waals surface area (Å²) >= 11 is 0. The maximum Gasteiger partial charge on any atom is -0.00552 e. The van der Waals surface area contributed by atoms with Crippen LogP contribution in [0.2, 0.25) is 0 Å². The first-order valence-corrected chi connectivity index (χ1v) is 6.28. The Morgan fingerprint density at radius 3 is 2.44 bits per heavy atom. The molecule has 0 heterocycles. The first-order valence-electron chi connectivity index (χ1n) is 6.28. The van der Waals surface area contributed by atoms with Gasteiger partial charge in [0.15, 0.2) is 0 Å². The van der Waals surface area contributed by atoms with Gasteiger partial charge < -0.3 is 0 Å². The van der Waals surface area contributed by atoms with E-state index in [2.05, 4.69) is 46.8 Å². The van der Waals surface area contributed by atoms with E-state index in [0.29, 0.717) is 0 Å². The second kappa shape index (κ2) is 4.08. The number of hydrogen-bond acceptors (Lipinski definition) is 0. The lowest BCUT2D eigenvalue weighted by atomic mass is 9.91. The van der Waals surface area contributed by atoms with E-state index >= 15 is 0 Å². The molecule has 16 heavy (non-hydrogen) atoms. The van der Waals surface area contributed by atoms with Crippen LogP contribution in [0.5, 0.6) is 0 Å². The van der Waals surface area contributed by atoms with Crippen molar-refractivity contribution in [3.63, 3.8) is 0 Å². The number of rotatable bonds is 2. The molecule has 0 aromatic heterocycles. The Hall–Kier alpha value is -1.04. The topological polar surface area (TPSA) is 0 Å². The van der Waals surface area contributed by atoms with Crippen LogP contribution in [0.1, 0.15) is 49.9 Å². The first kappa shape index (κ1) is 11.4. The van der Waals surface area contributed by atoms with E-state index in [1.54, 1.807) is 22.3 Å². The zero-order valence-corrected chi connectivity index (χ0v) is 11.1. The van der Waals surface area contributed by atoms with Crippen LogP contribution in [0.4, 0.5) is 0 Å². The Bertz CT molecular complexity index is 447. The molecule has 0 aliphatic heterocycles. The Morgan fingerprint density at radius 1 is 1.12 bits per heavy atom. The van der Waals surface area contributed by atoms with Gasteiger partial charge in [-0.05, 0) is 67.4 Å². The summed E-state index contributed by atoms with van der Waals surface area (Å²) in [6, 6.07) is 4.62. The van der Waals surface area contributed by atoms with Crippen molar-refractivity contribution in [2.24, 2.45) is 5.92 Å². The smallest absolute Gasteiger partial charge is 0.00552 e. The van der Waals surface area contributed by atoms with Gasteiger partial charge in [-0.3, -0.25) is 0 Å². The molecule has 1 aromatic rings. The molecule has 0 saturated heterocycles. The van der Waals surface area contributed by atoms with Crippen LogP contribution in [0, 0.1) is 12.8 Å². The fourth-order valence-electron chi connectivity index (χ4n) is 2.72. The highest BCUT2D eigenvalue weighted by Crippen LogP contribution is 2.37. The fourth-order valence-corrected chi connectivity index (χ4v) is 2.72. The third-order valence-corrected chi connectivity index (χ3v) is 3.72. The first-order chi connectivity index (χ1) is 7.50. The molecular formula is C16H22. The number of allylic oxidation sites excluding steroid dienone is 2. The molecule has 86 valence electrons. The average Bonchev–Trinajstić information content (AvgIpc) is 2.49. The molecule has 0 unspecified atom stereocenters. The Balaban J connectivity index is 2.54. The molecule has 2 rings (SSSR count). The van der Waals surface area contributed by atoms with E-state index in [1.165, 1.54) is 24.0 Å². The molecule has 0 saturated carbocycles. The second-order valence-corrected chi connectivity index (χ2v) is 5.58. The summed E-state index contributed by atoms with van der Waals surface area (Å²) in [7, 11) is 0. The van der Waals surface area contributed by atoms with Gasteiger partial charge in [-0.1, -0.05) is 31.6 Å². The third-order valence-electron chi connectivity index (χ3n) is 3.72. The summed E-state index contributed by atoms with van der Waals surface area (Å²) in [4.78, 5) is 0. The minimum Gasteiger partial charge on any atom is -0.0654 e. The summed E-state index contributed by atoms with van der Waals surface area (Å²) < 4.78 is 0. The highest BCUT2D eigenvalue weighted by Gasteiger charge is 2.20. The normalized spacial score (nSPS) is 14.9. The zero-order valence-electron chi connectivity index (χ0n) is 11.1. The van der Waals surface area contributed by atoms with Crippen LogP contribution in [0.15, 0.2) is 17.7 Å². The van der Waals surface area contributed by atoms with Crippen molar-refractivity contribution in [1.29, 1.82) is 0 Å². The molecule has 0 spiro atoms. The van der Waals surface area contributed by atoms with E-state index in [4.69, 9.17) is 0 Å². The Labute approximate surface area is 99.4 Å². The lowest BCUT2D eigenvalue weighted by molar-refractivity contribution is 0.646. The molecule has 0 heteroatoms. The van der Waals surface area contributed by atoms with E-state index in [-0.39, 0.29) is 0 Å². The van der Waals surface area contributed by atoms with Crippen molar-refractivity contribution in [3.05, 3.63) is 40.0 Å². The van der Waals surface area contributed by atoms with Gasteiger partial charge in [0.1, 0.15) is 0 Å². The Morgan fingerprint density at radius 2 is 1.81 bits per heavy atom. The minimum atomic E-state index is 0.737. The molecule has 0 radical (unpaired) electrons. The zero-order chi connectivity index (χ0) is 11.9. The van der Waals surface area contributed by atoms with Gasteiger partial charge in [-0.15, -0.1) is 0 Å². The molecule has 1 aliphatic carbocycles. The van der Waals surface area contributed by atoms with Crippen LogP contribution in [-0.4, -0.2) is 0 Å². The molecule has 1 aliphatic rings. The fraction of sp³-hybridized carbons (Fsp3) is 0.500. The highest BCUT2D eigenvalue weighted by atomic mass is 14.2. The monoisotopic (exact) mass is 214 g/mol. The summed E-state index contributed by atoms with van der Waals surface area (Å²) in [5.74, 6) is 0.737. The minimum absolute atomic E-state index is 0.737. The van der Waals surface area contributed by atoms with Crippen molar-refractivity contribution in [2.75, 3.05) is 0 Å². The highest BCUT2D eigenvalue weighted by molar-refractivity contribution is 5.78. The van der Waals surface area contributed by atoms with Gasteiger partial charge in [0.2, 0.25) is 0 Å². The largest absolute Gasteiger partial charge is 0.0654 e. The predicted molar refractivity (Wildman–Crippen MR) is 71.7 cm³/mol. The van der Waals surface area contributed by atoms with Crippen molar-refractivity contribution in [3.8, 4) is 0 Å². The van der Waals surface area contributed by atoms with E-state index in [1.807, 2.05) is 0 Å². The van der Waals surface area contributed by atoms with Gasteiger partial charge in [-0.25, -0.2) is 0 Å². The molecule has 0 atom stereocenters. The Kier molecular flexibility index (Phi) is 2.92. The van der Waals surface area contributed by atoms with Crippen LogP contribution in [-0.2, 0) is 12.8 Å². The number of benzene rings is 1. The summed E-state index contributed by atoms with van der Waals surface area (Å²) in [6.07, 6.45) is 2.37. The molecule has 0 amide bonds. The molecule has 0 N–H and O–H groups in total. The lowest BCUT2D eigenvalue weighted by Crippen LogP contribution is -2.00. The summed E-state index contributed by atoms with van der Waals surface area (Å²) in [5, 5.41) is 0. The quantitative estimate of drug-likeness (QED) is 0.678. The summed E-state index contributed by atoms with van der Waals surface area (Å²) in [6.45, 7) is 11.4. The van der Waals surface area contributed by atoms with Gasteiger partial charge >= 0.3 is 0 Å². The van der Waals surface area contributed by atoms with Gasteiger partial charge in [0, 0.05) is 0 Å². The van der Waals surface area contributed by atoms with Crippen molar-refractivity contribution >= 4 is 5.57 Å². The standard InChI is InChI=1S/C16H22/c1-10(2)8-14-7-6-11(3)15-9-12(4)13(5)16(14)15/h6-7,10H,8-9H2,1-5H3. The van der Waals surface area contributed by atoms with Crippen LogP contribution < -0.4 is 0 Å². The average molecular weight is 214 g/mol. The van der Waals surface area contributed by atoms with Gasteiger partial charge in [0.25, 0.3) is 0 Å². The van der Waals surface area contributed by atoms with E-state index in [0.717, 1.165) is 5.92 Å². The van der Waals surface area contributed by atoms with Gasteiger partial charge in [0.05, 0.1) is 0 Å². The number of hydrogen-bond donors (Lipinski definition) is 0. The molecular weight excluding hydrogens is 192 g/mol. The second-order valence-electron chi connectivity index (χ2n) is 5.58. The molecule has 0 fully saturated rings. The van der Waals surface area contributed by atoms with Crippen LogP contribution in [0.3, 0.4) is 0 Å². The third kappa shape index (κ3) is 1.81. The summed E-state index contributed by atoms with van der Waals surface area (Å²) in [5.41, 5.74) is 9.21. The molecule has 1 aromatic carbocycles. The van der Waals surface area contributed by atoms with Crippen molar-refractivity contribution < 1.29 is 0 Å². The van der Waals surface area contributed by atoms with E-state index < -0.39 is 0 Å². The predicted octanol–water partition coefficient (Wildman–Crippen LogP) is 4.54.